The minimum absolute atomic E-state index is 0.256. The Morgan fingerprint density at radius 3 is 2.28 bits per heavy atom. The molecule has 1 aromatic carbocycles. The minimum Gasteiger partial charge on any atom is -0.508 e. The van der Waals surface area contributed by atoms with Gasteiger partial charge in [0.2, 0.25) is 0 Å². The Morgan fingerprint density at radius 2 is 1.83 bits per heavy atom. The van der Waals surface area contributed by atoms with E-state index in [1.165, 1.54) is 12.1 Å². The van der Waals surface area contributed by atoms with Gasteiger partial charge in [-0.05, 0) is 29.5 Å². The van der Waals surface area contributed by atoms with Gasteiger partial charge in [0.25, 0.3) is 0 Å². The molecule has 5 heteroatoms. The van der Waals surface area contributed by atoms with Gasteiger partial charge in [-0.15, -0.1) is 0 Å². The van der Waals surface area contributed by atoms with Crippen LogP contribution in [0.25, 0.3) is 0 Å². The maximum Gasteiger partial charge on any atom is 0.407 e. The van der Waals surface area contributed by atoms with Crippen molar-refractivity contribution in [1.82, 2.24) is 0 Å². The second kappa shape index (κ2) is 4.80. The molecule has 0 spiro atoms. The SMILES string of the molecule is CCC(C)(C)c1ccc(O)c([C@H](N)C(F)(F)F)c1. The number of rotatable bonds is 3. The standard InChI is InChI=1S/C13H18F3NO/c1-4-12(2,3)8-5-6-10(18)9(7-8)11(17)13(14,15)16/h5-7,11,18H,4,17H2,1-3H3/t11-/m0/s1. The molecule has 0 aromatic heterocycles. The molecule has 18 heavy (non-hydrogen) atoms. The quantitative estimate of drug-likeness (QED) is 0.872. The number of halogens is 3. The largest absolute Gasteiger partial charge is 0.508 e. The molecule has 2 nitrogen and oxygen atoms in total. The van der Waals surface area contributed by atoms with Crippen LogP contribution in [0, 0.1) is 0 Å². The Kier molecular flexibility index (Phi) is 3.96. The Hall–Kier alpha value is -1.23. The van der Waals surface area contributed by atoms with Crippen LogP contribution < -0.4 is 5.73 Å². The molecule has 0 aliphatic heterocycles. The molecule has 0 aliphatic rings. The van der Waals surface area contributed by atoms with Crippen molar-refractivity contribution < 1.29 is 18.3 Å². The van der Waals surface area contributed by atoms with Crippen LogP contribution >= 0.6 is 0 Å². The van der Waals surface area contributed by atoms with Crippen molar-refractivity contribution in [1.29, 1.82) is 0 Å². The fraction of sp³-hybridized carbons (Fsp3) is 0.538. The first kappa shape index (κ1) is 14.8. The average molecular weight is 261 g/mol. The van der Waals surface area contributed by atoms with Gasteiger partial charge in [0.1, 0.15) is 11.8 Å². The lowest BCUT2D eigenvalue weighted by Gasteiger charge is -2.25. The fourth-order valence-corrected chi connectivity index (χ4v) is 1.61. The van der Waals surface area contributed by atoms with E-state index in [4.69, 9.17) is 5.73 Å². The summed E-state index contributed by atoms with van der Waals surface area (Å²) in [6.07, 6.45) is -3.79. The summed E-state index contributed by atoms with van der Waals surface area (Å²) in [6, 6.07) is 2.08. The summed E-state index contributed by atoms with van der Waals surface area (Å²) >= 11 is 0. The van der Waals surface area contributed by atoms with E-state index in [2.05, 4.69) is 0 Å². The van der Waals surface area contributed by atoms with Gasteiger partial charge in [0.15, 0.2) is 0 Å². The predicted octanol–water partition coefficient (Wildman–Crippen LogP) is 3.64. The third-order valence-corrected chi connectivity index (χ3v) is 3.38. The minimum atomic E-state index is -4.56. The summed E-state index contributed by atoms with van der Waals surface area (Å²) in [5.74, 6) is -0.421. The van der Waals surface area contributed by atoms with Crippen molar-refractivity contribution in [2.24, 2.45) is 5.73 Å². The van der Waals surface area contributed by atoms with Crippen LogP contribution in [-0.4, -0.2) is 11.3 Å². The summed E-state index contributed by atoms with van der Waals surface area (Å²) < 4.78 is 37.8. The first-order valence-corrected chi connectivity index (χ1v) is 5.75. The summed E-state index contributed by atoms with van der Waals surface area (Å²) in [5.41, 5.74) is 5.34. The molecule has 0 fully saturated rings. The van der Waals surface area contributed by atoms with Crippen LogP contribution in [0.1, 0.15) is 44.4 Å². The summed E-state index contributed by atoms with van der Waals surface area (Å²) in [5, 5.41) is 9.53. The van der Waals surface area contributed by atoms with E-state index >= 15 is 0 Å². The number of nitrogens with two attached hydrogens (primary N) is 1. The summed E-state index contributed by atoms with van der Waals surface area (Å²) in [7, 11) is 0. The molecule has 102 valence electrons. The molecule has 1 rings (SSSR count). The second-order valence-electron chi connectivity index (χ2n) is 5.03. The molecule has 0 unspecified atom stereocenters. The van der Waals surface area contributed by atoms with Crippen LogP contribution in [-0.2, 0) is 5.41 Å². The van der Waals surface area contributed by atoms with Crippen LogP contribution in [0.4, 0.5) is 13.2 Å². The number of alkyl halides is 3. The van der Waals surface area contributed by atoms with Crippen LogP contribution in [0.3, 0.4) is 0 Å². The Balaban J connectivity index is 3.26. The lowest BCUT2D eigenvalue weighted by Crippen LogP contribution is -2.29. The van der Waals surface area contributed by atoms with Crippen molar-refractivity contribution in [2.45, 2.75) is 44.8 Å². The zero-order chi connectivity index (χ0) is 14.1. The Morgan fingerprint density at radius 1 is 1.28 bits per heavy atom. The molecule has 0 saturated heterocycles. The average Bonchev–Trinajstić information content (AvgIpc) is 2.27. The number of phenolic OH excluding ortho intramolecular Hbond substituents is 1. The predicted molar refractivity (Wildman–Crippen MR) is 64.4 cm³/mol. The van der Waals surface area contributed by atoms with Gasteiger partial charge < -0.3 is 10.8 Å². The Labute approximate surface area is 105 Å². The molecule has 0 heterocycles. The van der Waals surface area contributed by atoms with E-state index in [0.717, 1.165) is 12.0 Å². The molecule has 0 amide bonds. The van der Waals surface area contributed by atoms with Crippen molar-refractivity contribution in [2.75, 3.05) is 0 Å². The van der Waals surface area contributed by atoms with Gasteiger partial charge in [0.05, 0.1) is 0 Å². The zero-order valence-electron chi connectivity index (χ0n) is 10.7. The highest BCUT2D eigenvalue weighted by Gasteiger charge is 2.39. The van der Waals surface area contributed by atoms with Crippen molar-refractivity contribution >= 4 is 0 Å². The smallest absolute Gasteiger partial charge is 0.407 e. The molecule has 1 aromatic rings. The van der Waals surface area contributed by atoms with Gasteiger partial charge in [0, 0.05) is 5.56 Å². The molecule has 0 bridgehead atoms. The van der Waals surface area contributed by atoms with Crippen LogP contribution in [0.15, 0.2) is 18.2 Å². The van der Waals surface area contributed by atoms with Crippen LogP contribution in [0.5, 0.6) is 5.75 Å². The van der Waals surface area contributed by atoms with E-state index in [9.17, 15) is 18.3 Å². The Bertz CT molecular complexity index is 427. The topological polar surface area (TPSA) is 46.2 Å². The van der Waals surface area contributed by atoms with Crippen molar-refractivity contribution in [3.63, 3.8) is 0 Å². The van der Waals surface area contributed by atoms with E-state index < -0.39 is 18.0 Å². The number of aromatic hydroxyl groups is 1. The molecule has 1 atom stereocenters. The number of phenols is 1. The first-order chi connectivity index (χ1) is 8.09. The highest BCUT2D eigenvalue weighted by atomic mass is 19.4. The highest BCUT2D eigenvalue weighted by molar-refractivity contribution is 5.41. The number of hydrogen-bond acceptors (Lipinski definition) is 2. The second-order valence-corrected chi connectivity index (χ2v) is 5.03. The van der Waals surface area contributed by atoms with Gasteiger partial charge in [-0.2, -0.15) is 13.2 Å². The van der Waals surface area contributed by atoms with Gasteiger partial charge in [-0.25, -0.2) is 0 Å². The third kappa shape index (κ3) is 2.96. The number of benzene rings is 1. The summed E-state index contributed by atoms with van der Waals surface area (Å²) in [4.78, 5) is 0. The van der Waals surface area contributed by atoms with Gasteiger partial charge in [-0.3, -0.25) is 0 Å². The fourth-order valence-electron chi connectivity index (χ4n) is 1.61. The normalized spacial score (nSPS) is 14.6. The van der Waals surface area contributed by atoms with Crippen LogP contribution in [0.2, 0.25) is 0 Å². The monoisotopic (exact) mass is 261 g/mol. The molecule has 0 radical (unpaired) electrons. The van der Waals surface area contributed by atoms with E-state index in [1.807, 2.05) is 20.8 Å². The molecule has 0 aliphatic carbocycles. The molecule has 3 N–H and O–H groups in total. The van der Waals surface area contributed by atoms with E-state index in [-0.39, 0.29) is 11.0 Å². The van der Waals surface area contributed by atoms with Gasteiger partial charge >= 0.3 is 6.18 Å². The maximum atomic E-state index is 12.6. The number of hydrogen-bond donors (Lipinski definition) is 2. The van der Waals surface area contributed by atoms with Gasteiger partial charge in [-0.1, -0.05) is 26.8 Å². The molecule has 0 saturated carbocycles. The van der Waals surface area contributed by atoms with E-state index in [1.54, 1.807) is 6.07 Å². The maximum absolute atomic E-state index is 12.6. The lowest BCUT2D eigenvalue weighted by atomic mass is 9.81. The van der Waals surface area contributed by atoms with E-state index in [0.29, 0.717) is 0 Å². The summed E-state index contributed by atoms with van der Waals surface area (Å²) in [6.45, 7) is 5.82. The molecular formula is C13H18F3NO. The zero-order valence-corrected chi connectivity index (χ0v) is 10.7. The van der Waals surface area contributed by atoms with Crippen molar-refractivity contribution in [3.8, 4) is 5.75 Å². The first-order valence-electron chi connectivity index (χ1n) is 5.75. The molecular weight excluding hydrogens is 243 g/mol. The van der Waals surface area contributed by atoms with Crippen molar-refractivity contribution in [3.05, 3.63) is 29.3 Å². The lowest BCUT2D eigenvalue weighted by molar-refractivity contribution is -0.149. The third-order valence-electron chi connectivity index (χ3n) is 3.38. The highest BCUT2D eigenvalue weighted by Crippen LogP contribution is 2.38.